The van der Waals surface area contributed by atoms with E-state index in [4.69, 9.17) is 5.11 Å². The van der Waals surface area contributed by atoms with E-state index in [-0.39, 0.29) is 17.3 Å². The lowest BCUT2D eigenvalue weighted by atomic mass is 10.1. The fraction of sp³-hybridized carbons (Fsp3) is 0.471. The second-order valence-corrected chi connectivity index (χ2v) is 7.49. The first-order chi connectivity index (χ1) is 10.0. The molecule has 0 aromatic heterocycles. The van der Waals surface area contributed by atoms with E-state index < -0.39 is 0 Å². The number of aliphatic hydroxyl groups excluding tert-OH is 1. The Bertz CT molecular complexity index is 572. The number of nitrogens with zero attached hydrogens (tertiary/aromatic N) is 1. The summed E-state index contributed by atoms with van der Waals surface area (Å²) in [6.45, 7) is 5.88. The van der Waals surface area contributed by atoms with Gasteiger partial charge in [0.2, 0.25) is 0 Å². The van der Waals surface area contributed by atoms with Gasteiger partial charge in [0, 0.05) is 34.7 Å². The van der Waals surface area contributed by atoms with Crippen LogP contribution in [0.15, 0.2) is 24.3 Å². The quantitative estimate of drug-likeness (QED) is 0.810. The Morgan fingerprint density at radius 3 is 3.00 bits per heavy atom. The van der Waals surface area contributed by atoms with Gasteiger partial charge >= 0.3 is 0 Å². The first kappa shape index (κ1) is 15.9. The van der Waals surface area contributed by atoms with E-state index in [0.717, 1.165) is 30.8 Å². The zero-order valence-electron chi connectivity index (χ0n) is 12.6. The van der Waals surface area contributed by atoms with Crippen molar-refractivity contribution < 1.29 is 9.90 Å². The number of carbonyl (C=O) groups excluding carboxylic acids is 1. The molecule has 1 aromatic carbocycles. The molecule has 1 heterocycles. The van der Waals surface area contributed by atoms with Gasteiger partial charge in [0.05, 0.1) is 0 Å². The molecule has 1 saturated heterocycles. The standard InChI is InChI=1S/C17H21NO2S/c1-17(2)8-9-18(10-12-21-17)16(20)15-7-3-5-14(13-15)6-4-11-19/h3,5,7,13,19H,8-12H2,1-2H3. The maximum atomic E-state index is 12.6. The molecular formula is C17H21NO2S. The minimum atomic E-state index is -0.170. The molecule has 1 N–H and O–H groups in total. The van der Waals surface area contributed by atoms with Crippen molar-refractivity contribution in [2.45, 2.75) is 25.0 Å². The number of hydrogen-bond acceptors (Lipinski definition) is 3. The maximum Gasteiger partial charge on any atom is 0.253 e. The summed E-state index contributed by atoms with van der Waals surface area (Å²) in [5, 5.41) is 8.74. The fourth-order valence-corrected chi connectivity index (χ4v) is 3.38. The zero-order chi connectivity index (χ0) is 15.3. The molecule has 3 nitrogen and oxygen atoms in total. The molecule has 0 atom stereocenters. The monoisotopic (exact) mass is 303 g/mol. The third kappa shape index (κ3) is 4.52. The molecule has 2 rings (SSSR count). The normalized spacial score (nSPS) is 17.6. The number of carbonyl (C=O) groups is 1. The van der Waals surface area contributed by atoms with Crippen LogP contribution in [-0.2, 0) is 0 Å². The Morgan fingerprint density at radius 2 is 2.24 bits per heavy atom. The van der Waals surface area contributed by atoms with Gasteiger partial charge in [-0.1, -0.05) is 31.8 Å². The highest BCUT2D eigenvalue weighted by molar-refractivity contribution is 8.00. The topological polar surface area (TPSA) is 40.5 Å². The summed E-state index contributed by atoms with van der Waals surface area (Å²) in [6, 6.07) is 7.32. The summed E-state index contributed by atoms with van der Waals surface area (Å²) in [7, 11) is 0. The van der Waals surface area contributed by atoms with E-state index in [9.17, 15) is 4.79 Å². The van der Waals surface area contributed by atoms with Gasteiger partial charge in [-0.2, -0.15) is 11.8 Å². The van der Waals surface area contributed by atoms with Crippen molar-refractivity contribution in [2.24, 2.45) is 0 Å². The van der Waals surface area contributed by atoms with Gasteiger partial charge in [-0.3, -0.25) is 4.79 Å². The Labute approximate surface area is 130 Å². The highest BCUT2D eigenvalue weighted by Gasteiger charge is 2.26. The third-order valence-electron chi connectivity index (χ3n) is 3.55. The van der Waals surface area contributed by atoms with Crippen molar-refractivity contribution in [1.29, 1.82) is 0 Å². The summed E-state index contributed by atoms with van der Waals surface area (Å²) in [5.41, 5.74) is 1.43. The van der Waals surface area contributed by atoms with Crippen LogP contribution in [-0.4, -0.2) is 46.1 Å². The van der Waals surface area contributed by atoms with Gasteiger partial charge in [0.1, 0.15) is 6.61 Å². The fourth-order valence-electron chi connectivity index (χ4n) is 2.28. The molecule has 4 heteroatoms. The second-order valence-electron chi connectivity index (χ2n) is 5.69. The van der Waals surface area contributed by atoms with Crippen molar-refractivity contribution in [3.8, 4) is 11.8 Å². The van der Waals surface area contributed by atoms with Crippen LogP contribution in [0.3, 0.4) is 0 Å². The molecule has 0 radical (unpaired) electrons. The van der Waals surface area contributed by atoms with E-state index in [1.165, 1.54) is 0 Å². The van der Waals surface area contributed by atoms with E-state index in [1.807, 2.05) is 34.9 Å². The smallest absolute Gasteiger partial charge is 0.253 e. The molecule has 1 aliphatic rings. The van der Waals surface area contributed by atoms with Crippen LogP contribution in [0.25, 0.3) is 0 Å². The van der Waals surface area contributed by atoms with Crippen LogP contribution in [0.1, 0.15) is 36.2 Å². The molecule has 1 aromatic rings. The first-order valence-corrected chi connectivity index (χ1v) is 8.13. The molecule has 1 fully saturated rings. The van der Waals surface area contributed by atoms with Gasteiger partial charge in [-0.05, 0) is 24.6 Å². The summed E-state index contributed by atoms with van der Waals surface area (Å²) < 4.78 is 0.240. The van der Waals surface area contributed by atoms with Crippen LogP contribution in [0.5, 0.6) is 0 Å². The van der Waals surface area contributed by atoms with Gasteiger partial charge < -0.3 is 10.0 Å². The highest BCUT2D eigenvalue weighted by Crippen LogP contribution is 2.31. The zero-order valence-corrected chi connectivity index (χ0v) is 13.4. The minimum absolute atomic E-state index is 0.0703. The number of benzene rings is 1. The summed E-state index contributed by atoms with van der Waals surface area (Å²) in [4.78, 5) is 14.5. The summed E-state index contributed by atoms with van der Waals surface area (Å²) >= 11 is 1.93. The summed E-state index contributed by atoms with van der Waals surface area (Å²) in [6.07, 6.45) is 1.01. The Morgan fingerprint density at radius 1 is 1.43 bits per heavy atom. The highest BCUT2D eigenvalue weighted by atomic mass is 32.2. The van der Waals surface area contributed by atoms with Crippen molar-refractivity contribution >= 4 is 17.7 Å². The summed E-state index contributed by atoms with van der Waals surface area (Å²) in [5.74, 6) is 6.50. The molecule has 0 unspecified atom stereocenters. The molecule has 112 valence electrons. The molecule has 1 aliphatic heterocycles. The van der Waals surface area contributed by atoms with Crippen molar-refractivity contribution in [3.05, 3.63) is 35.4 Å². The van der Waals surface area contributed by atoms with Crippen LogP contribution < -0.4 is 0 Å². The lowest BCUT2D eigenvalue weighted by Crippen LogP contribution is -2.33. The van der Waals surface area contributed by atoms with E-state index in [2.05, 4.69) is 25.7 Å². The van der Waals surface area contributed by atoms with E-state index >= 15 is 0 Å². The molecule has 0 saturated carbocycles. The molecular weight excluding hydrogens is 282 g/mol. The van der Waals surface area contributed by atoms with Crippen LogP contribution in [0.2, 0.25) is 0 Å². The number of rotatable bonds is 1. The van der Waals surface area contributed by atoms with Crippen LogP contribution in [0, 0.1) is 11.8 Å². The first-order valence-electron chi connectivity index (χ1n) is 7.15. The van der Waals surface area contributed by atoms with Gasteiger partial charge in [-0.25, -0.2) is 0 Å². The largest absolute Gasteiger partial charge is 0.384 e. The van der Waals surface area contributed by atoms with Gasteiger partial charge in [-0.15, -0.1) is 0 Å². The minimum Gasteiger partial charge on any atom is -0.384 e. The predicted molar refractivity (Wildman–Crippen MR) is 87.5 cm³/mol. The molecule has 1 amide bonds. The Kier molecular flexibility index (Phi) is 5.33. The van der Waals surface area contributed by atoms with Crippen molar-refractivity contribution in [1.82, 2.24) is 4.90 Å². The van der Waals surface area contributed by atoms with Gasteiger partial charge in [0.25, 0.3) is 5.91 Å². The maximum absolute atomic E-state index is 12.6. The van der Waals surface area contributed by atoms with Crippen molar-refractivity contribution in [2.75, 3.05) is 25.4 Å². The van der Waals surface area contributed by atoms with Crippen LogP contribution in [0.4, 0.5) is 0 Å². The predicted octanol–water partition coefficient (Wildman–Crippen LogP) is 2.39. The van der Waals surface area contributed by atoms with Crippen molar-refractivity contribution in [3.63, 3.8) is 0 Å². The second kappa shape index (κ2) is 7.02. The van der Waals surface area contributed by atoms with E-state index in [1.54, 1.807) is 6.07 Å². The van der Waals surface area contributed by atoms with Crippen LogP contribution >= 0.6 is 11.8 Å². The average Bonchev–Trinajstić information content (AvgIpc) is 2.65. The number of aliphatic hydroxyl groups is 1. The number of hydrogen-bond donors (Lipinski definition) is 1. The molecule has 21 heavy (non-hydrogen) atoms. The molecule has 0 bridgehead atoms. The lowest BCUT2D eigenvalue weighted by molar-refractivity contribution is 0.0764. The van der Waals surface area contributed by atoms with E-state index in [0.29, 0.717) is 5.56 Å². The number of thioether (sulfide) groups is 1. The SMILES string of the molecule is CC1(C)CCN(C(=O)c2cccc(C#CCO)c2)CCS1. The van der Waals surface area contributed by atoms with Gasteiger partial charge in [0.15, 0.2) is 0 Å². The molecule has 0 aliphatic carbocycles. The molecule has 0 spiro atoms. The Hall–Kier alpha value is -1.44. The lowest BCUT2D eigenvalue weighted by Gasteiger charge is -2.22. The Balaban J connectivity index is 2.12. The number of amides is 1. The average molecular weight is 303 g/mol. The third-order valence-corrected chi connectivity index (χ3v) is 4.92.